The molecule has 3 heteroatoms. The van der Waals surface area contributed by atoms with Crippen LogP contribution in [0.1, 0.15) is 45.1 Å². The average Bonchev–Trinajstić information content (AvgIpc) is 2.99. The summed E-state index contributed by atoms with van der Waals surface area (Å²) < 4.78 is 0. The van der Waals surface area contributed by atoms with Crippen molar-refractivity contribution in [3.8, 4) is 0 Å². The average molecular weight is 338 g/mol. The molecule has 0 saturated heterocycles. The van der Waals surface area contributed by atoms with Crippen molar-refractivity contribution < 1.29 is 4.79 Å². The van der Waals surface area contributed by atoms with Crippen molar-refractivity contribution in [3.05, 3.63) is 35.9 Å². The summed E-state index contributed by atoms with van der Waals surface area (Å²) in [5.74, 6) is 0.259. The molecule has 1 aliphatic rings. The molecule has 0 aromatic heterocycles. The lowest BCUT2D eigenvalue weighted by Crippen LogP contribution is -2.48. The molecule has 0 radical (unpaired) electrons. The van der Waals surface area contributed by atoms with Gasteiger partial charge in [-0.3, -0.25) is 4.79 Å². The van der Waals surface area contributed by atoms with Crippen LogP contribution in [0.4, 0.5) is 0 Å². The molecular formula is C17H24BrNO. The van der Waals surface area contributed by atoms with Crippen molar-refractivity contribution in [1.29, 1.82) is 0 Å². The maximum absolute atomic E-state index is 13.0. The minimum Gasteiger partial charge on any atom is -0.338 e. The molecular weight excluding hydrogens is 314 g/mol. The molecule has 2 nitrogen and oxygen atoms in total. The fraction of sp³-hybridized carbons (Fsp3) is 0.588. The number of rotatable bonds is 5. The predicted molar refractivity (Wildman–Crippen MR) is 87.2 cm³/mol. The molecule has 1 saturated carbocycles. The van der Waals surface area contributed by atoms with E-state index >= 15 is 0 Å². The molecule has 0 unspecified atom stereocenters. The highest BCUT2D eigenvalue weighted by Crippen LogP contribution is 2.30. The molecule has 20 heavy (non-hydrogen) atoms. The Morgan fingerprint density at radius 1 is 1.25 bits per heavy atom. The van der Waals surface area contributed by atoms with Gasteiger partial charge in [0.2, 0.25) is 5.91 Å². The van der Waals surface area contributed by atoms with Crippen LogP contribution in [-0.4, -0.2) is 28.7 Å². The van der Waals surface area contributed by atoms with Gasteiger partial charge in [-0.05, 0) is 32.3 Å². The van der Waals surface area contributed by atoms with Crippen LogP contribution in [0.2, 0.25) is 0 Å². The molecule has 2 rings (SSSR count). The summed E-state index contributed by atoms with van der Waals surface area (Å²) >= 11 is 3.49. The Balaban J connectivity index is 2.21. The lowest BCUT2D eigenvalue weighted by atomic mass is 9.82. The van der Waals surface area contributed by atoms with E-state index in [2.05, 4.69) is 33.0 Å². The summed E-state index contributed by atoms with van der Waals surface area (Å²) in [5.41, 5.74) is 0.647. The molecule has 1 aliphatic carbocycles. The van der Waals surface area contributed by atoms with E-state index in [-0.39, 0.29) is 5.91 Å². The highest BCUT2D eigenvalue weighted by atomic mass is 79.9. The Morgan fingerprint density at radius 2 is 1.85 bits per heavy atom. The van der Waals surface area contributed by atoms with Gasteiger partial charge in [0.1, 0.15) is 0 Å². The smallest absolute Gasteiger partial charge is 0.232 e. The molecule has 0 bridgehead atoms. The molecule has 0 atom stereocenters. The molecule has 1 aromatic carbocycles. The summed E-state index contributed by atoms with van der Waals surface area (Å²) in [6, 6.07) is 10.6. The van der Waals surface area contributed by atoms with Crippen LogP contribution in [0.3, 0.4) is 0 Å². The molecule has 0 aliphatic heterocycles. The van der Waals surface area contributed by atoms with Crippen LogP contribution in [0.15, 0.2) is 30.3 Å². The Bertz CT molecular complexity index is 438. The summed E-state index contributed by atoms with van der Waals surface area (Å²) in [4.78, 5) is 15.2. The molecule has 110 valence electrons. The second-order valence-corrected chi connectivity index (χ2v) is 6.91. The third-order valence-corrected chi connectivity index (χ3v) is 4.74. The van der Waals surface area contributed by atoms with Crippen molar-refractivity contribution >= 4 is 21.8 Å². The molecule has 0 N–H and O–H groups in total. The molecule has 1 amide bonds. The van der Waals surface area contributed by atoms with Gasteiger partial charge in [-0.25, -0.2) is 0 Å². The van der Waals surface area contributed by atoms with E-state index in [1.54, 1.807) is 0 Å². The summed E-state index contributed by atoms with van der Waals surface area (Å²) in [6.07, 6.45) is 4.82. The summed E-state index contributed by atoms with van der Waals surface area (Å²) in [7, 11) is 0. The highest BCUT2D eigenvalue weighted by molar-refractivity contribution is 9.09. The van der Waals surface area contributed by atoms with Gasteiger partial charge in [-0.2, -0.15) is 0 Å². The quantitative estimate of drug-likeness (QED) is 0.739. The lowest BCUT2D eigenvalue weighted by Gasteiger charge is -2.36. The standard InChI is InChI=1S/C17H24BrNO/c1-17(2,14-8-4-3-5-9-14)16(20)19(13-12-18)15-10-6-7-11-15/h3-5,8-9,15H,6-7,10-13H2,1-2H3. The third kappa shape index (κ3) is 3.25. The first-order valence-electron chi connectivity index (χ1n) is 7.50. The number of halogens is 1. The van der Waals surface area contributed by atoms with E-state index in [1.807, 2.05) is 32.0 Å². The maximum Gasteiger partial charge on any atom is 0.232 e. The molecule has 0 heterocycles. The summed E-state index contributed by atoms with van der Waals surface area (Å²) in [5, 5.41) is 0.847. The topological polar surface area (TPSA) is 20.3 Å². The van der Waals surface area contributed by atoms with Gasteiger partial charge in [-0.1, -0.05) is 59.1 Å². The van der Waals surface area contributed by atoms with Crippen LogP contribution in [0, 0.1) is 0 Å². The van der Waals surface area contributed by atoms with Crippen LogP contribution in [-0.2, 0) is 10.2 Å². The SMILES string of the molecule is CC(C)(C(=O)N(CCBr)C1CCCC1)c1ccccc1. The van der Waals surface area contributed by atoms with E-state index in [4.69, 9.17) is 0 Å². The Hall–Kier alpha value is -0.830. The first kappa shape index (κ1) is 15.6. The minimum absolute atomic E-state index is 0.259. The number of hydrogen-bond acceptors (Lipinski definition) is 1. The van der Waals surface area contributed by atoms with Crippen LogP contribution in [0.5, 0.6) is 0 Å². The first-order chi connectivity index (χ1) is 9.57. The van der Waals surface area contributed by atoms with E-state index in [0.29, 0.717) is 6.04 Å². The van der Waals surface area contributed by atoms with Gasteiger partial charge in [0, 0.05) is 17.9 Å². The number of nitrogens with zero attached hydrogens (tertiary/aromatic N) is 1. The summed E-state index contributed by atoms with van der Waals surface area (Å²) in [6.45, 7) is 4.89. The van der Waals surface area contributed by atoms with Crippen molar-refractivity contribution in [2.45, 2.75) is 51.0 Å². The van der Waals surface area contributed by atoms with Crippen molar-refractivity contribution in [3.63, 3.8) is 0 Å². The van der Waals surface area contributed by atoms with E-state index < -0.39 is 5.41 Å². The number of alkyl halides is 1. The first-order valence-corrected chi connectivity index (χ1v) is 8.62. The van der Waals surface area contributed by atoms with E-state index in [1.165, 1.54) is 12.8 Å². The number of carbonyl (C=O) groups is 1. The fourth-order valence-corrected chi connectivity index (χ4v) is 3.48. The van der Waals surface area contributed by atoms with Crippen molar-refractivity contribution in [1.82, 2.24) is 4.90 Å². The second kappa shape index (κ2) is 6.75. The Kier molecular flexibility index (Phi) is 5.25. The molecule has 1 fully saturated rings. The van der Waals surface area contributed by atoms with Crippen molar-refractivity contribution in [2.24, 2.45) is 0 Å². The number of amides is 1. The monoisotopic (exact) mass is 337 g/mol. The zero-order valence-electron chi connectivity index (χ0n) is 12.4. The van der Waals surface area contributed by atoms with Gasteiger partial charge >= 0.3 is 0 Å². The minimum atomic E-state index is -0.452. The number of hydrogen-bond donors (Lipinski definition) is 0. The van der Waals surface area contributed by atoms with E-state index in [0.717, 1.165) is 30.3 Å². The van der Waals surface area contributed by atoms with Crippen LogP contribution in [0.25, 0.3) is 0 Å². The zero-order valence-corrected chi connectivity index (χ0v) is 14.0. The van der Waals surface area contributed by atoms with E-state index in [9.17, 15) is 4.79 Å². The third-order valence-electron chi connectivity index (χ3n) is 4.38. The molecule has 0 spiro atoms. The van der Waals surface area contributed by atoms with Crippen LogP contribution < -0.4 is 0 Å². The fourth-order valence-electron chi connectivity index (χ4n) is 3.09. The largest absolute Gasteiger partial charge is 0.338 e. The lowest BCUT2D eigenvalue weighted by molar-refractivity contribution is -0.138. The Labute approximate surface area is 130 Å². The normalized spacial score (nSPS) is 16.4. The molecule has 1 aromatic rings. The second-order valence-electron chi connectivity index (χ2n) is 6.12. The van der Waals surface area contributed by atoms with Gasteiger partial charge in [0.15, 0.2) is 0 Å². The van der Waals surface area contributed by atoms with Crippen LogP contribution >= 0.6 is 15.9 Å². The van der Waals surface area contributed by atoms with Gasteiger partial charge in [0.05, 0.1) is 5.41 Å². The zero-order chi connectivity index (χ0) is 14.6. The Morgan fingerprint density at radius 3 is 2.40 bits per heavy atom. The predicted octanol–water partition coefficient (Wildman–Crippen LogP) is 4.13. The highest BCUT2D eigenvalue weighted by Gasteiger charge is 2.37. The van der Waals surface area contributed by atoms with Gasteiger partial charge in [0.25, 0.3) is 0 Å². The van der Waals surface area contributed by atoms with Gasteiger partial charge in [-0.15, -0.1) is 0 Å². The number of carbonyl (C=O) groups excluding carboxylic acids is 1. The van der Waals surface area contributed by atoms with Gasteiger partial charge < -0.3 is 4.90 Å². The van der Waals surface area contributed by atoms with Crippen molar-refractivity contribution in [2.75, 3.05) is 11.9 Å². The maximum atomic E-state index is 13.0. The number of benzene rings is 1.